The van der Waals surface area contributed by atoms with Gasteiger partial charge in [-0.15, -0.1) is 0 Å². The molecule has 128 valence electrons. The standard InChI is InChI=1S/C19H20N4O2/c1-14-5-7-15(8-6-14)17-12-18(25-21-17)19(24)23-11-2-4-16(23)13-22-10-3-9-20-22/h3,5-10,12,16H,2,4,11,13H2,1H3/t16-/m1/s1. The summed E-state index contributed by atoms with van der Waals surface area (Å²) >= 11 is 0. The van der Waals surface area contributed by atoms with Gasteiger partial charge in [-0.1, -0.05) is 35.0 Å². The fourth-order valence-corrected chi connectivity index (χ4v) is 3.30. The fraction of sp³-hybridized carbons (Fsp3) is 0.316. The van der Waals surface area contributed by atoms with Crippen LogP contribution in [0.1, 0.15) is 29.0 Å². The van der Waals surface area contributed by atoms with Crippen molar-refractivity contribution < 1.29 is 9.32 Å². The lowest BCUT2D eigenvalue weighted by Crippen LogP contribution is -2.38. The van der Waals surface area contributed by atoms with Gasteiger partial charge in [0.25, 0.3) is 5.91 Å². The van der Waals surface area contributed by atoms with Gasteiger partial charge in [0.15, 0.2) is 0 Å². The maximum atomic E-state index is 12.8. The molecule has 1 amide bonds. The van der Waals surface area contributed by atoms with Crippen molar-refractivity contribution in [2.45, 2.75) is 32.4 Å². The van der Waals surface area contributed by atoms with Crippen LogP contribution in [0.25, 0.3) is 11.3 Å². The topological polar surface area (TPSA) is 64.2 Å². The van der Waals surface area contributed by atoms with E-state index < -0.39 is 0 Å². The first-order chi connectivity index (χ1) is 12.2. The van der Waals surface area contributed by atoms with Crippen molar-refractivity contribution in [3.05, 3.63) is 60.1 Å². The molecule has 0 unspecified atom stereocenters. The number of amides is 1. The molecule has 1 aliphatic rings. The molecule has 0 bridgehead atoms. The molecule has 1 fully saturated rings. The highest BCUT2D eigenvalue weighted by molar-refractivity contribution is 5.92. The highest BCUT2D eigenvalue weighted by Gasteiger charge is 2.31. The number of aryl methyl sites for hydroxylation is 1. The number of carbonyl (C=O) groups excluding carboxylic acids is 1. The molecule has 0 N–H and O–H groups in total. The van der Waals surface area contributed by atoms with Gasteiger partial charge in [0.1, 0.15) is 5.69 Å². The first-order valence-electron chi connectivity index (χ1n) is 8.53. The van der Waals surface area contributed by atoms with Gasteiger partial charge >= 0.3 is 0 Å². The summed E-state index contributed by atoms with van der Waals surface area (Å²) in [5, 5.41) is 8.31. The number of hydrogen-bond acceptors (Lipinski definition) is 4. The van der Waals surface area contributed by atoms with Gasteiger partial charge in [-0.2, -0.15) is 5.10 Å². The van der Waals surface area contributed by atoms with Crippen LogP contribution in [0.3, 0.4) is 0 Å². The first-order valence-corrected chi connectivity index (χ1v) is 8.53. The van der Waals surface area contributed by atoms with Gasteiger partial charge in [-0.05, 0) is 25.8 Å². The zero-order valence-corrected chi connectivity index (χ0v) is 14.1. The van der Waals surface area contributed by atoms with Gasteiger partial charge in [-0.3, -0.25) is 9.48 Å². The van der Waals surface area contributed by atoms with Gasteiger partial charge in [0, 0.05) is 30.6 Å². The fourth-order valence-electron chi connectivity index (χ4n) is 3.30. The molecule has 6 nitrogen and oxygen atoms in total. The number of likely N-dealkylation sites (tertiary alicyclic amines) is 1. The Hall–Kier alpha value is -2.89. The monoisotopic (exact) mass is 336 g/mol. The van der Waals surface area contributed by atoms with Crippen LogP contribution in [0, 0.1) is 6.92 Å². The second kappa shape index (κ2) is 6.55. The van der Waals surface area contributed by atoms with Gasteiger partial charge in [0.2, 0.25) is 5.76 Å². The van der Waals surface area contributed by atoms with E-state index in [1.54, 1.807) is 12.3 Å². The molecule has 1 atom stereocenters. The maximum Gasteiger partial charge on any atom is 0.292 e. The molecule has 1 aliphatic heterocycles. The van der Waals surface area contributed by atoms with E-state index in [0.29, 0.717) is 18.0 Å². The molecule has 6 heteroatoms. The largest absolute Gasteiger partial charge is 0.350 e. The van der Waals surface area contributed by atoms with E-state index in [2.05, 4.69) is 10.3 Å². The number of nitrogens with zero attached hydrogens (tertiary/aromatic N) is 4. The molecular formula is C19H20N4O2. The summed E-state index contributed by atoms with van der Waals surface area (Å²) in [5.74, 6) is 0.198. The Morgan fingerprint density at radius 2 is 2.16 bits per heavy atom. The minimum atomic E-state index is -0.0967. The highest BCUT2D eigenvalue weighted by atomic mass is 16.5. The van der Waals surface area contributed by atoms with Crippen LogP contribution < -0.4 is 0 Å². The molecule has 25 heavy (non-hydrogen) atoms. The summed E-state index contributed by atoms with van der Waals surface area (Å²) in [7, 11) is 0. The second-order valence-corrected chi connectivity index (χ2v) is 6.47. The molecule has 0 radical (unpaired) electrons. The van der Waals surface area contributed by atoms with Crippen molar-refractivity contribution >= 4 is 5.91 Å². The summed E-state index contributed by atoms with van der Waals surface area (Å²) < 4.78 is 7.21. The van der Waals surface area contributed by atoms with Crippen molar-refractivity contribution in [2.75, 3.05) is 6.54 Å². The predicted octanol–water partition coefficient (Wildman–Crippen LogP) is 3.15. The highest BCUT2D eigenvalue weighted by Crippen LogP contribution is 2.24. The lowest BCUT2D eigenvalue weighted by atomic mass is 10.1. The summed E-state index contributed by atoms with van der Waals surface area (Å²) in [6, 6.07) is 11.8. The van der Waals surface area contributed by atoms with Crippen LogP contribution in [0.15, 0.2) is 53.3 Å². The van der Waals surface area contributed by atoms with Gasteiger partial charge in [0.05, 0.1) is 12.6 Å². The number of aromatic nitrogens is 3. The van der Waals surface area contributed by atoms with E-state index in [1.165, 1.54) is 5.56 Å². The van der Waals surface area contributed by atoms with Gasteiger partial charge in [-0.25, -0.2) is 0 Å². The predicted molar refractivity (Wildman–Crippen MR) is 93.0 cm³/mol. The van der Waals surface area contributed by atoms with E-state index in [0.717, 1.165) is 24.9 Å². The van der Waals surface area contributed by atoms with Crippen LogP contribution in [-0.4, -0.2) is 38.3 Å². The Morgan fingerprint density at radius 1 is 1.32 bits per heavy atom. The molecule has 1 aromatic carbocycles. The minimum Gasteiger partial charge on any atom is -0.350 e. The van der Waals surface area contributed by atoms with E-state index in [4.69, 9.17) is 4.52 Å². The van der Waals surface area contributed by atoms with Crippen molar-refractivity contribution in [2.24, 2.45) is 0 Å². The Bertz CT molecular complexity index is 852. The number of benzene rings is 1. The summed E-state index contributed by atoms with van der Waals surface area (Å²) in [6.07, 6.45) is 5.65. The SMILES string of the molecule is Cc1ccc(-c2cc(C(=O)N3CCC[C@@H]3Cn3cccn3)on2)cc1. The van der Waals surface area contributed by atoms with Crippen molar-refractivity contribution in [3.8, 4) is 11.3 Å². The summed E-state index contributed by atoms with van der Waals surface area (Å²) in [4.78, 5) is 14.7. The molecular weight excluding hydrogens is 316 g/mol. The quantitative estimate of drug-likeness (QED) is 0.734. The molecule has 1 saturated heterocycles. The van der Waals surface area contributed by atoms with Gasteiger partial charge < -0.3 is 9.42 Å². The average molecular weight is 336 g/mol. The van der Waals surface area contributed by atoms with Crippen molar-refractivity contribution in [1.29, 1.82) is 0 Å². The first kappa shape index (κ1) is 15.6. The van der Waals surface area contributed by atoms with E-state index in [1.807, 2.05) is 53.0 Å². The van der Waals surface area contributed by atoms with Crippen LogP contribution in [-0.2, 0) is 6.54 Å². The average Bonchev–Trinajstić information content (AvgIpc) is 3.37. The molecule has 4 rings (SSSR count). The number of hydrogen-bond donors (Lipinski definition) is 0. The third kappa shape index (κ3) is 3.20. The zero-order chi connectivity index (χ0) is 17.2. The number of rotatable bonds is 4. The maximum absolute atomic E-state index is 12.8. The third-order valence-corrected chi connectivity index (χ3v) is 4.66. The number of carbonyl (C=O) groups is 1. The van der Waals surface area contributed by atoms with E-state index in [9.17, 15) is 4.79 Å². The van der Waals surface area contributed by atoms with Crippen molar-refractivity contribution in [1.82, 2.24) is 19.8 Å². The minimum absolute atomic E-state index is 0.0967. The molecule has 3 aromatic rings. The molecule has 3 heterocycles. The molecule has 0 spiro atoms. The van der Waals surface area contributed by atoms with Crippen LogP contribution >= 0.6 is 0 Å². The Kier molecular flexibility index (Phi) is 4.09. The van der Waals surface area contributed by atoms with Crippen LogP contribution in [0.5, 0.6) is 0 Å². The van der Waals surface area contributed by atoms with E-state index in [-0.39, 0.29) is 11.9 Å². The summed E-state index contributed by atoms with van der Waals surface area (Å²) in [5.41, 5.74) is 2.82. The van der Waals surface area contributed by atoms with Crippen molar-refractivity contribution in [3.63, 3.8) is 0 Å². The molecule has 0 aliphatic carbocycles. The molecule has 0 saturated carbocycles. The Balaban J connectivity index is 1.51. The molecule has 2 aromatic heterocycles. The third-order valence-electron chi connectivity index (χ3n) is 4.66. The lowest BCUT2D eigenvalue weighted by Gasteiger charge is -2.23. The lowest BCUT2D eigenvalue weighted by molar-refractivity contribution is 0.0679. The second-order valence-electron chi connectivity index (χ2n) is 6.47. The summed E-state index contributed by atoms with van der Waals surface area (Å²) in [6.45, 7) is 3.48. The van der Waals surface area contributed by atoms with Crippen LogP contribution in [0.2, 0.25) is 0 Å². The van der Waals surface area contributed by atoms with Crippen LogP contribution in [0.4, 0.5) is 0 Å². The zero-order valence-electron chi connectivity index (χ0n) is 14.1. The smallest absolute Gasteiger partial charge is 0.292 e. The van der Waals surface area contributed by atoms with E-state index >= 15 is 0 Å². The Morgan fingerprint density at radius 3 is 2.92 bits per heavy atom. The normalized spacial score (nSPS) is 17.2. The Labute approximate surface area is 146 Å².